The second-order valence-electron chi connectivity index (χ2n) is 6.35. The largest absolute Gasteiger partial charge is 0.335 e. The van der Waals surface area contributed by atoms with E-state index in [-0.39, 0.29) is 5.91 Å². The molecule has 1 atom stereocenters. The highest BCUT2D eigenvalue weighted by Gasteiger charge is 2.33. The molecule has 3 heterocycles. The smallest absolute Gasteiger partial charge is 0.264 e. The molecule has 0 bridgehead atoms. The molecule has 3 nitrogen and oxygen atoms in total. The molecule has 108 valence electrons. The Morgan fingerprint density at radius 2 is 2.05 bits per heavy atom. The van der Waals surface area contributed by atoms with Crippen LogP contribution in [0.15, 0.2) is 6.07 Å². The second-order valence-corrected chi connectivity index (χ2v) is 7.49. The van der Waals surface area contributed by atoms with E-state index in [1.165, 1.54) is 55.5 Å². The van der Waals surface area contributed by atoms with E-state index in [9.17, 15) is 4.79 Å². The van der Waals surface area contributed by atoms with Gasteiger partial charge in [0.15, 0.2) is 0 Å². The summed E-state index contributed by atoms with van der Waals surface area (Å²) in [4.78, 5) is 19.8. The maximum Gasteiger partial charge on any atom is 0.264 e. The number of hydrogen-bond acceptors (Lipinski definition) is 3. The zero-order valence-corrected chi connectivity index (χ0v) is 12.8. The van der Waals surface area contributed by atoms with Gasteiger partial charge in [0.05, 0.1) is 4.88 Å². The SMILES string of the molecule is O=C(c1cc2c(s1)CCCC2)N1CCN2CCCC2C1. The number of aryl methyl sites for hydroxylation is 2. The average Bonchev–Trinajstić information content (AvgIpc) is 3.11. The minimum absolute atomic E-state index is 0.288. The number of carbonyl (C=O) groups is 1. The van der Waals surface area contributed by atoms with Crippen LogP contribution in [0.4, 0.5) is 0 Å². The van der Waals surface area contributed by atoms with E-state index in [0.29, 0.717) is 6.04 Å². The lowest BCUT2D eigenvalue weighted by molar-refractivity contribution is 0.0576. The standard InChI is InChI=1S/C16H22N2OS/c19-16(15-10-12-4-1-2-6-14(12)20-15)18-9-8-17-7-3-5-13(17)11-18/h10,13H,1-9,11H2. The number of amides is 1. The van der Waals surface area contributed by atoms with Crippen LogP contribution in [0, 0.1) is 0 Å². The summed E-state index contributed by atoms with van der Waals surface area (Å²) in [5, 5.41) is 0. The van der Waals surface area contributed by atoms with Crippen LogP contribution in [-0.4, -0.2) is 47.9 Å². The highest BCUT2D eigenvalue weighted by atomic mass is 32.1. The summed E-state index contributed by atoms with van der Waals surface area (Å²) >= 11 is 1.76. The van der Waals surface area contributed by atoms with Crippen LogP contribution in [-0.2, 0) is 12.8 Å². The summed E-state index contributed by atoms with van der Waals surface area (Å²) in [5.41, 5.74) is 1.45. The monoisotopic (exact) mass is 290 g/mol. The summed E-state index contributed by atoms with van der Waals surface area (Å²) in [6.45, 7) is 4.17. The van der Waals surface area contributed by atoms with Gasteiger partial charge in [-0.25, -0.2) is 0 Å². The molecule has 2 saturated heterocycles. The van der Waals surface area contributed by atoms with Crippen LogP contribution < -0.4 is 0 Å². The molecule has 0 N–H and O–H groups in total. The topological polar surface area (TPSA) is 23.6 Å². The van der Waals surface area contributed by atoms with E-state index in [1.54, 1.807) is 11.3 Å². The first kappa shape index (κ1) is 12.8. The second kappa shape index (κ2) is 5.15. The fraction of sp³-hybridized carbons (Fsp3) is 0.688. The van der Waals surface area contributed by atoms with Crippen LogP contribution in [0.1, 0.15) is 45.8 Å². The van der Waals surface area contributed by atoms with Crippen molar-refractivity contribution in [3.63, 3.8) is 0 Å². The van der Waals surface area contributed by atoms with Gasteiger partial charge in [-0.05, 0) is 56.7 Å². The molecule has 0 saturated carbocycles. The van der Waals surface area contributed by atoms with Gasteiger partial charge in [0.2, 0.25) is 0 Å². The van der Waals surface area contributed by atoms with Crippen LogP contribution in [0.3, 0.4) is 0 Å². The predicted octanol–water partition coefficient (Wildman–Crippen LogP) is 2.55. The van der Waals surface area contributed by atoms with Crippen molar-refractivity contribution in [3.8, 4) is 0 Å². The quantitative estimate of drug-likeness (QED) is 0.793. The van der Waals surface area contributed by atoms with Gasteiger partial charge in [-0.15, -0.1) is 11.3 Å². The highest BCUT2D eigenvalue weighted by Crippen LogP contribution is 2.31. The molecule has 0 aromatic carbocycles. The molecular weight excluding hydrogens is 268 g/mol. The van der Waals surface area contributed by atoms with Crippen molar-refractivity contribution in [2.24, 2.45) is 0 Å². The zero-order chi connectivity index (χ0) is 13.5. The lowest BCUT2D eigenvalue weighted by atomic mass is 9.99. The highest BCUT2D eigenvalue weighted by molar-refractivity contribution is 7.14. The van der Waals surface area contributed by atoms with Crippen molar-refractivity contribution in [2.75, 3.05) is 26.2 Å². The number of nitrogens with zero attached hydrogens (tertiary/aromatic N) is 2. The molecule has 0 spiro atoms. The van der Waals surface area contributed by atoms with Crippen molar-refractivity contribution >= 4 is 17.2 Å². The molecule has 1 amide bonds. The fourth-order valence-electron chi connectivity index (χ4n) is 3.93. The molecule has 1 aromatic heterocycles. The predicted molar refractivity (Wildman–Crippen MR) is 81.5 cm³/mol. The Balaban J connectivity index is 1.50. The maximum atomic E-state index is 12.7. The van der Waals surface area contributed by atoms with E-state index in [0.717, 1.165) is 24.5 Å². The van der Waals surface area contributed by atoms with Crippen molar-refractivity contribution in [1.29, 1.82) is 0 Å². The summed E-state index contributed by atoms with van der Waals surface area (Å²) in [6, 6.07) is 2.81. The molecule has 0 radical (unpaired) electrons. The third-order valence-corrected chi connectivity index (χ3v) is 6.31. The van der Waals surface area contributed by atoms with Gasteiger partial charge in [0, 0.05) is 30.6 Å². The molecule has 1 unspecified atom stereocenters. The first-order chi connectivity index (χ1) is 9.81. The first-order valence-corrected chi connectivity index (χ1v) is 8.78. The Morgan fingerprint density at radius 1 is 1.15 bits per heavy atom. The maximum absolute atomic E-state index is 12.7. The lowest BCUT2D eigenvalue weighted by Crippen LogP contribution is -2.51. The molecule has 3 aliphatic rings. The fourth-order valence-corrected chi connectivity index (χ4v) is 5.15. The van der Waals surface area contributed by atoms with Crippen LogP contribution in [0.5, 0.6) is 0 Å². The van der Waals surface area contributed by atoms with Crippen LogP contribution in [0.25, 0.3) is 0 Å². The molecule has 2 fully saturated rings. The van der Waals surface area contributed by atoms with Gasteiger partial charge in [0.25, 0.3) is 5.91 Å². The van der Waals surface area contributed by atoms with Gasteiger partial charge in [-0.3, -0.25) is 9.69 Å². The minimum Gasteiger partial charge on any atom is -0.335 e. The lowest BCUT2D eigenvalue weighted by Gasteiger charge is -2.37. The van der Waals surface area contributed by atoms with Crippen molar-refractivity contribution in [3.05, 3.63) is 21.4 Å². The van der Waals surface area contributed by atoms with E-state index in [2.05, 4.69) is 15.9 Å². The minimum atomic E-state index is 0.288. The molecule has 20 heavy (non-hydrogen) atoms. The van der Waals surface area contributed by atoms with Gasteiger partial charge in [-0.2, -0.15) is 0 Å². The average molecular weight is 290 g/mol. The Labute approximate surface area is 124 Å². The number of carbonyl (C=O) groups excluding carboxylic acids is 1. The first-order valence-electron chi connectivity index (χ1n) is 7.96. The normalized spacial score (nSPS) is 26.4. The Kier molecular flexibility index (Phi) is 3.31. The Bertz CT molecular complexity index is 501. The van der Waals surface area contributed by atoms with Gasteiger partial charge < -0.3 is 4.90 Å². The summed E-state index contributed by atoms with van der Waals surface area (Å²) in [6.07, 6.45) is 7.52. The van der Waals surface area contributed by atoms with E-state index < -0.39 is 0 Å². The number of fused-ring (bicyclic) bond motifs is 2. The van der Waals surface area contributed by atoms with Crippen molar-refractivity contribution < 1.29 is 4.79 Å². The molecular formula is C16H22N2OS. The van der Waals surface area contributed by atoms with Crippen LogP contribution >= 0.6 is 11.3 Å². The number of hydrogen-bond donors (Lipinski definition) is 0. The van der Waals surface area contributed by atoms with E-state index in [1.807, 2.05) is 0 Å². The van der Waals surface area contributed by atoms with E-state index >= 15 is 0 Å². The van der Waals surface area contributed by atoms with Crippen molar-refractivity contribution in [1.82, 2.24) is 9.80 Å². The number of rotatable bonds is 1. The Morgan fingerprint density at radius 3 is 2.95 bits per heavy atom. The summed E-state index contributed by atoms with van der Waals surface area (Å²) in [5.74, 6) is 0.288. The number of piperazine rings is 1. The van der Waals surface area contributed by atoms with Gasteiger partial charge >= 0.3 is 0 Å². The van der Waals surface area contributed by atoms with E-state index in [4.69, 9.17) is 0 Å². The summed E-state index contributed by atoms with van der Waals surface area (Å²) in [7, 11) is 0. The molecule has 2 aliphatic heterocycles. The molecule has 1 aromatic rings. The van der Waals surface area contributed by atoms with Crippen LogP contribution in [0.2, 0.25) is 0 Å². The Hall–Kier alpha value is -0.870. The third kappa shape index (κ3) is 2.19. The van der Waals surface area contributed by atoms with Gasteiger partial charge in [-0.1, -0.05) is 0 Å². The van der Waals surface area contributed by atoms with Crippen molar-refractivity contribution in [2.45, 2.75) is 44.6 Å². The van der Waals surface area contributed by atoms with Gasteiger partial charge in [0.1, 0.15) is 0 Å². The molecule has 4 heteroatoms. The third-order valence-electron chi connectivity index (χ3n) is 5.08. The number of thiophene rings is 1. The molecule has 4 rings (SSSR count). The zero-order valence-electron chi connectivity index (χ0n) is 11.9. The molecule has 1 aliphatic carbocycles. The summed E-state index contributed by atoms with van der Waals surface area (Å²) < 4.78 is 0.